The molecule has 1 N–H and O–H groups in total. The summed E-state index contributed by atoms with van der Waals surface area (Å²) in [6, 6.07) is 12.5. The van der Waals surface area contributed by atoms with Gasteiger partial charge in [-0.25, -0.2) is 4.79 Å². The first-order valence-corrected chi connectivity index (χ1v) is 10.3. The molecule has 0 aliphatic carbocycles. The normalized spacial score (nSPS) is 15.1. The standard InChI is InChI=1S/C20H16INO6S/c1-27-15-4-2-3-13(18(15)28-11-17(23)24)9-16-19(25)22(20(26)29-16)10-12-5-7-14(21)8-6-12/h2-9H,10-11H2,1H3,(H,23,24)/b16-9-. The van der Waals surface area contributed by atoms with Crippen molar-refractivity contribution in [3.8, 4) is 11.5 Å². The molecule has 7 nitrogen and oxygen atoms in total. The highest BCUT2D eigenvalue weighted by Crippen LogP contribution is 2.37. The second-order valence-electron chi connectivity index (χ2n) is 5.96. The zero-order valence-electron chi connectivity index (χ0n) is 15.3. The van der Waals surface area contributed by atoms with Crippen LogP contribution >= 0.6 is 34.4 Å². The van der Waals surface area contributed by atoms with Crippen LogP contribution in [0.3, 0.4) is 0 Å². The number of nitrogens with zero attached hydrogens (tertiary/aromatic N) is 1. The summed E-state index contributed by atoms with van der Waals surface area (Å²) in [6.45, 7) is -0.380. The first kappa shape index (κ1) is 21.2. The van der Waals surface area contributed by atoms with Crippen LogP contribution in [0.1, 0.15) is 11.1 Å². The van der Waals surface area contributed by atoms with E-state index in [0.29, 0.717) is 11.3 Å². The largest absolute Gasteiger partial charge is 0.493 e. The number of para-hydroxylation sites is 1. The lowest BCUT2D eigenvalue weighted by atomic mass is 10.1. The van der Waals surface area contributed by atoms with Crippen LogP contribution in [0, 0.1) is 3.57 Å². The molecule has 2 aromatic rings. The van der Waals surface area contributed by atoms with Gasteiger partial charge in [0.15, 0.2) is 18.1 Å². The highest BCUT2D eigenvalue weighted by atomic mass is 127. The Morgan fingerprint density at radius 2 is 1.93 bits per heavy atom. The molecule has 1 saturated heterocycles. The first-order valence-electron chi connectivity index (χ1n) is 8.40. The van der Waals surface area contributed by atoms with Crippen molar-refractivity contribution >= 4 is 57.5 Å². The lowest BCUT2D eigenvalue weighted by Crippen LogP contribution is -2.27. The molecule has 1 fully saturated rings. The van der Waals surface area contributed by atoms with Crippen LogP contribution in [0.5, 0.6) is 11.5 Å². The fourth-order valence-electron chi connectivity index (χ4n) is 2.65. The molecule has 1 aliphatic heterocycles. The molecule has 3 rings (SSSR count). The number of rotatable bonds is 7. The Bertz CT molecular complexity index is 989. The van der Waals surface area contributed by atoms with Crippen LogP contribution in [-0.2, 0) is 16.1 Å². The van der Waals surface area contributed by atoms with Crippen LogP contribution in [0.2, 0.25) is 0 Å². The van der Waals surface area contributed by atoms with Crippen LogP contribution in [0.25, 0.3) is 6.08 Å². The third kappa shape index (κ3) is 5.10. The maximum absolute atomic E-state index is 12.8. The average molecular weight is 525 g/mol. The first-order chi connectivity index (χ1) is 13.9. The topological polar surface area (TPSA) is 93.1 Å². The van der Waals surface area contributed by atoms with Gasteiger partial charge >= 0.3 is 5.97 Å². The van der Waals surface area contributed by atoms with Crippen molar-refractivity contribution in [2.45, 2.75) is 6.54 Å². The summed E-state index contributed by atoms with van der Waals surface area (Å²) in [7, 11) is 1.43. The number of hydrogen-bond acceptors (Lipinski definition) is 6. The van der Waals surface area contributed by atoms with Gasteiger partial charge < -0.3 is 14.6 Å². The summed E-state index contributed by atoms with van der Waals surface area (Å²) < 4.78 is 11.6. The van der Waals surface area contributed by atoms with Gasteiger partial charge in [0.1, 0.15) is 0 Å². The minimum Gasteiger partial charge on any atom is -0.493 e. The molecule has 0 bridgehead atoms. The monoisotopic (exact) mass is 525 g/mol. The van der Waals surface area contributed by atoms with E-state index >= 15 is 0 Å². The Morgan fingerprint density at radius 1 is 1.21 bits per heavy atom. The smallest absolute Gasteiger partial charge is 0.341 e. The maximum atomic E-state index is 12.8. The van der Waals surface area contributed by atoms with Gasteiger partial charge in [-0.3, -0.25) is 14.5 Å². The van der Waals surface area contributed by atoms with Gasteiger partial charge in [-0.15, -0.1) is 0 Å². The fraction of sp³-hybridized carbons (Fsp3) is 0.150. The average Bonchev–Trinajstić information content (AvgIpc) is 2.95. The van der Waals surface area contributed by atoms with Gasteiger partial charge in [-0.2, -0.15) is 0 Å². The predicted molar refractivity (Wildman–Crippen MR) is 117 cm³/mol. The number of benzene rings is 2. The van der Waals surface area contributed by atoms with Crippen LogP contribution in [0.15, 0.2) is 47.4 Å². The molecular weight excluding hydrogens is 509 g/mol. The molecule has 0 atom stereocenters. The maximum Gasteiger partial charge on any atom is 0.341 e. The Labute approximate surface area is 184 Å². The minimum atomic E-state index is -1.14. The summed E-state index contributed by atoms with van der Waals surface area (Å²) >= 11 is 3.01. The van der Waals surface area contributed by atoms with E-state index in [-0.39, 0.29) is 22.4 Å². The van der Waals surface area contributed by atoms with Crippen molar-refractivity contribution < 1.29 is 29.0 Å². The molecule has 2 aromatic carbocycles. The lowest BCUT2D eigenvalue weighted by molar-refractivity contribution is -0.139. The van der Waals surface area contributed by atoms with E-state index in [9.17, 15) is 14.4 Å². The second kappa shape index (κ2) is 9.31. The van der Waals surface area contributed by atoms with Crippen LogP contribution in [0.4, 0.5) is 4.79 Å². The molecular formula is C20H16INO6S. The lowest BCUT2D eigenvalue weighted by Gasteiger charge is -2.13. The van der Waals surface area contributed by atoms with Crippen molar-refractivity contribution in [2.24, 2.45) is 0 Å². The van der Waals surface area contributed by atoms with Crippen molar-refractivity contribution in [3.05, 3.63) is 62.1 Å². The summed E-state index contributed by atoms with van der Waals surface area (Å²) in [5, 5.41) is 8.53. The molecule has 0 unspecified atom stereocenters. The van der Waals surface area contributed by atoms with Crippen molar-refractivity contribution in [2.75, 3.05) is 13.7 Å². The number of amides is 2. The summed E-state index contributed by atoms with van der Waals surface area (Å²) in [5.74, 6) is -1.02. The molecule has 150 valence electrons. The number of imide groups is 1. The quantitative estimate of drug-likeness (QED) is 0.432. The Morgan fingerprint density at radius 3 is 2.59 bits per heavy atom. The minimum absolute atomic E-state index is 0.180. The number of carbonyl (C=O) groups excluding carboxylic acids is 2. The highest BCUT2D eigenvalue weighted by Gasteiger charge is 2.35. The number of methoxy groups -OCH3 is 1. The summed E-state index contributed by atoms with van der Waals surface area (Å²) in [6.07, 6.45) is 1.51. The molecule has 0 radical (unpaired) electrons. The van der Waals surface area contributed by atoms with Gasteiger partial charge in [0.25, 0.3) is 11.1 Å². The Kier molecular flexibility index (Phi) is 6.80. The van der Waals surface area contributed by atoms with E-state index in [0.717, 1.165) is 20.9 Å². The van der Waals surface area contributed by atoms with Crippen molar-refractivity contribution in [3.63, 3.8) is 0 Å². The Balaban J connectivity index is 1.87. The van der Waals surface area contributed by atoms with Gasteiger partial charge in [0.05, 0.1) is 18.6 Å². The highest BCUT2D eigenvalue weighted by molar-refractivity contribution is 14.1. The molecule has 2 amide bonds. The van der Waals surface area contributed by atoms with Gasteiger partial charge in [-0.05, 0) is 64.2 Å². The third-order valence-corrected chi connectivity index (χ3v) is 5.61. The molecule has 9 heteroatoms. The number of carboxylic acid groups (broad SMARTS) is 1. The number of aliphatic carboxylic acids is 1. The molecule has 0 aromatic heterocycles. The molecule has 1 aliphatic rings. The zero-order chi connectivity index (χ0) is 21.0. The van der Waals surface area contributed by atoms with E-state index in [1.807, 2.05) is 24.3 Å². The van der Waals surface area contributed by atoms with E-state index in [1.165, 1.54) is 18.1 Å². The number of halogens is 1. The molecule has 0 saturated carbocycles. The predicted octanol–water partition coefficient (Wildman–Crippen LogP) is 4.00. The fourth-order valence-corrected chi connectivity index (χ4v) is 3.83. The second-order valence-corrected chi connectivity index (χ2v) is 8.19. The van der Waals surface area contributed by atoms with E-state index in [4.69, 9.17) is 14.6 Å². The van der Waals surface area contributed by atoms with E-state index < -0.39 is 18.5 Å². The van der Waals surface area contributed by atoms with Gasteiger partial charge in [0.2, 0.25) is 0 Å². The van der Waals surface area contributed by atoms with E-state index in [2.05, 4.69) is 22.6 Å². The summed E-state index contributed by atoms with van der Waals surface area (Å²) in [4.78, 5) is 37.4. The number of ether oxygens (including phenoxy) is 2. The zero-order valence-corrected chi connectivity index (χ0v) is 18.2. The van der Waals surface area contributed by atoms with Crippen molar-refractivity contribution in [1.82, 2.24) is 4.90 Å². The van der Waals surface area contributed by atoms with Crippen LogP contribution in [-0.4, -0.2) is 40.8 Å². The van der Waals surface area contributed by atoms with E-state index in [1.54, 1.807) is 18.2 Å². The molecule has 0 spiro atoms. The number of carboxylic acids is 1. The summed E-state index contributed by atoms with van der Waals surface area (Å²) in [5.41, 5.74) is 1.30. The Hall–Kier alpha value is -2.53. The SMILES string of the molecule is COc1cccc(/C=C2\SC(=O)N(Cc3ccc(I)cc3)C2=O)c1OCC(=O)O. The number of hydrogen-bond donors (Lipinski definition) is 1. The third-order valence-electron chi connectivity index (χ3n) is 3.98. The number of carbonyl (C=O) groups is 3. The van der Waals surface area contributed by atoms with Gasteiger partial charge in [-0.1, -0.05) is 24.3 Å². The molecule has 29 heavy (non-hydrogen) atoms. The molecule has 1 heterocycles. The van der Waals surface area contributed by atoms with Crippen LogP contribution < -0.4 is 9.47 Å². The van der Waals surface area contributed by atoms with Gasteiger partial charge in [0, 0.05) is 9.13 Å². The number of thioether (sulfide) groups is 1. The van der Waals surface area contributed by atoms with Crippen molar-refractivity contribution in [1.29, 1.82) is 0 Å².